The van der Waals surface area contributed by atoms with Crippen molar-refractivity contribution in [1.82, 2.24) is 5.32 Å². The molecule has 1 aromatic rings. The van der Waals surface area contributed by atoms with Crippen LogP contribution in [0.4, 0.5) is 0 Å². The number of rotatable bonds is 4. The zero-order valence-corrected chi connectivity index (χ0v) is 12.5. The van der Waals surface area contributed by atoms with E-state index in [-0.39, 0.29) is 0 Å². The second-order valence-corrected chi connectivity index (χ2v) is 5.97. The van der Waals surface area contributed by atoms with Gasteiger partial charge in [-0.1, -0.05) is 6.92 Å². The Hall–Kier alpha value is -2.37. The number of benzene rings is 1. The highest BCUT2D eigenvalue weighted by Gasteiger charge is 2.42. The molecule has 1 aromatic carbocycles. The van der Waals surface area contributed by atoms with E-state index in [1.165, 1.54) is 24.3 Å². The number of aliphatic carboxylic acids is 1. The van der Waals surface area contributed by atoms with Gasteiger partial charge in [-0.05, 0) is 55.9 Å². The summed E-state index contributed by atoms with van der Waals surface area (Å²) in [6, 6.07) is 5.84. The highest BCUT2D eigenvalue weighted by molar-refractivity contribution is 5.99. The van der Waals surface area contributed by atoms with E-state index in [4.69, 9.17) is 5.73 Å². The van der Waals surface area contributed by atoms with Crippen molar-refractivity contribution in [2.75, 3.05) is 0 Å². The highest BCUT2D eigenvalue weighted by Crippen LogP contribution is 2.32. The van der Waals surface area contributed by atoms with Crippen LogP contribution in [0.3, 0.4) is 0 Å². The van der Waals surface area contributed by atoms with Crippen LogP contribution >= 0.6 is 0 Å². The quantitative estimate of drug-likeness (QED) is 0.783. The molecule has 1 saturated carbocycles. The van der Waals surface area contributed by atoms with Gasteiger partial charge in [0.2, 0.25) is 5.91 Å². The molecule has 1 aliphatic rings. The van der Waals surface area contributed by atoms with Crippen LogP contribution in [0.1, 0.15) is 53.3 Å². The van der Waals surface area contributed by atoms with Crippen molar-refractivity contribution < 1.29 is 19.5 Å². The molecule has 22 heavy (non-hydrogen) atoms. The topological polar surface area (TPSA) is 109 Å². The zero-order valence-electron chi connectivity index (χ0n) is 12.5. The molecule has 0 spiro atoms. The molecule has 0 heterocycles. The predicted molar refractivity (Wildman–Crippen MR) is 80.4 cm³/mol. The van der Waals surface area contributed by atoms with Crippen LogP contribution in [0, 0.1) is 5.92 Å². The lowest BCUT2D eigenvalue weighted by Crippen LogP contribution is -2.56. The Morgan fingerprint density at radius 1 is 1.14 bits per heavy atom. The summed E-state index contributed by atoms with van der Waals surface area (Å²) in [4.78, 5) is 34.9. The van der Waals surface area contributed by atoms with Gasteiger partial charge >= 0.3 is 5.97 Å². The first kappa shape index (κ1) is 16.0. The third kappa shape index (κ3) is 3.27. The average molecular weight is 304 g/mol. The van der Waals surface area contributed by atoms with Crippen molar-refractivity contribution in [2.24, 2.45) is 11.7 Å². The summed E-state index contributed by atoms with van der Waals surface area (Å²) in [5.74, 6) is -1.55. The molecular formula is C16H20N2O4. The van der Waals surface area contributed by atoms with Crippen LogP contribution in [0.2, 0.25) is 0 Å². The number of primary amides is 1. The molecule has 0 aliphatic heterocycles. The number of nitrogens with two attached hydrogens (primary N) is 1. The van der Waals surface area contributed by atoms with Gasteiger partial charge in [0.05, 0.1) is 0 Å². The first-order valence-electron chi connectivity index (χ1n) is 7.30. The molecule has 0 bridgehead atoms. The van der Waals surface area contributed by atoms with E-state index in [9.17, 15) is 19.5 Å². The van der Waals surface area contributed by atoms with Gasteiger partial charge in [-0.2, -0.15) is 0 Å². The lowest BCUT2D eigenvalue weighted by atomic mass is 9.77. The number of carboxylic acid groups (broad SMARTS) is 1. The number of carboxylic acids is 1. The Kier molecular flexibility index (Phi) is 4.49. The highest BCUT2D eigenvalue weighted by atomic mass is 16.4. The van der Waals surface area contributed by atoms with Crippen LogP contribution < -0.4 is 11.1 Å². The van der Waals surface area contributed by atoms with Crippen molar-refractivity contribution >= 4 is 17.8 Å². The van der Waals surface area contributed by atoms with E-state index >= 15 is 0 Å². The fourth-order valence-electron chi connectivity index (χ4n) is 2.72. The smallest absolute Gasteiger partial charge is 0.329 e. The van der Waals surface area contributed by atoms with E-state index in [0.29, 0.717) is 29.9 Å². The van der Waals surface area contributed by atoms with Crippen molar-refractivity contribution in [1.29, 1.82) is 0 Å². The maximum absolute atomic E-state index is 12.3. The molecule has 118 valence electrons. The van der Waals surface area contributed by atoms with Gasteiger partial charge in [0.25, 0.3) is 5.91 Å². The van der Waals surface area contributed by atoms with Gasteiger partial charge in [-0.3, -0.25) is 9.59 Å². The molecule has 2 amide bonds. The summed E-state index contributed by atoms with van der Waals surface area (Å²) in [7, 11) is 0. The van der Waals surface area contributed by atoms with E-state index in [1.54, 1.807) is 0 Å². The Morgan fingerprint density at radius 2 is 1.64 bits per heavy atom. The molecule has 6 heteroatoms. The Labute approximate surface area is 128 Å². The number of hydrogen-bond donors (Lipinski definition) is 3. The number of hydrogen-bond acceptors (Lipinski definition) is 3. The summed E-state index contributed by atoms with van der Waals surface area (Å²) in [6.07, 6.45) is 2.39. The van der Waals surface area contributed by atoms with E-state index < -0.39 is 23.3 Å². The Morgan fingerprint density at radius 3 is 2.09 bits per heavy atom. The van der Waals surface area contributed by atoms with Crippen LogP contribution in [0.5, 0.6) is 0 Å². The lowest BCUT2D eigenvalue weighted by Gasteiger charge is -2.36. The molecule has 1 aliphatic carbocycles. The second kappa shape index (κ2) is 6.17. The van der Waals surface area contributed by atoms with Crippen LogP contribution in [0.15, 0.2) is 24.3 Å². The standard InChI is InChI=1S/C16H20N2O4/c1-10-6-8-16(9-7-10,15(21)22)18-14(20)12-4-2-11(3-5-12)13(17)19/h2-5,10H,6-9H2,1H3,(H2,17,19)(H,18,20)(H,21,22). The number of nitrogens with one attached hydrogen (secondary N) is 1. The summed E-state index contributed by atoms with van der Waals surface area (Å²) in [5, 5.41) is 12.2. The van der Waals surface area contributed by atoms with Crippen LogP contribution in [0.25, 0.3) is 0 Å². The van der Waals surface area contributed by atoms with E-state index in [1.807, 2.05) is 0 Å². The first-order chi connectivity index (χ1) is 10.3. The van der Waals surface area contributed by atoms with E-state index in [0.717, 1.165) is 12.8 Å². The molecule has 0 atom stereocenters. The molecule has 1 fully saturated rings. The normalized spacial score (nSPS) is 24.5. The average Bonchev–Trinajstić information content (AvgIpc) is 2.49. The molecule has 6 nitrogen and oxygen atoms in total. The summed E-state index contributed by atoms with van der Waals surface area (Å²) >= 11 is 0. The van der Waals surface area contributed by atoms with E-state index in [2.05, 4.69) is 12.2 Å². The summed E-state index contributed by atoms with van der Waals surface area (Å²) < 4.78 is 0. The van der Waals surface area contributed by atoms with Gasteiger partial charge in [0.15, 0.2) is 0 Å². The SMILES string of the molecule is CC1CCC(NC(=O)c2ccc(C(N)=O)cc2)(C(=O)O)CC1. The second-order valence-electron chi connectivity index (χ2n) is 5.97. The maximum Gasteiger partial charge on any atom is 0.329 e. The molecular weight excluding hydrogens is 284 g/mol. The Bertz CT molecular complexity index is 587. The minimum absolute atomic E-state index is 0.302. The largest absolute Gasteiger partial charge is 0.480 e. The fourth-order valence-corrected chi connectivity index (χ4v) is 2.72. The van der Waals surface area contributed by atoms with Crippen molar-refractivity contribution in [3.05, 3.63) is 35.4 Å². The van der Waals surface area contributed by atoms with Gasteiger partial charge in [0, 0.05) is 11.1 Å². The first-order valence-corrected chi connectivity index (χ1v) is 7.30. The molecule has 0 aromatic heterocycles. The van der Waals surface area contributed by atoms with Crippen molar-refractivity contribution in [3.63, 3.8) is 0 Å². The zero-order chi connectivity index (χ0) is 16.3. The molecule has 0 radical (unpaired) electrons. The summed E-state index contributed by atoms with van der Waals surface area (Å²) in [6.45, 7) is 2.08. The van der Waals surface area contributed by atoms with Gasteiger partial charge in [-0.25, -0.2) is 4.79 Å². The van der Waals surface area contributed by atoms with Crippen LogP contribution in [-0.4, -0.2) is 28.4 Å². The summed E-state index contributed by atoms with van der Waals surface area (Å²) in [5.41, 5.74) is 4.55. The molecule has 0 unspecified atom stereocenters. The third-order valence-corrected chi connectivity index (χ3v) is 4.32. The molecule has 0 saturated heterocycles. The minimum Gasteiger partial charge on any atom is -0.480 e. The molecule has 2 rings (SSSR count). The maximum atomic E-state index is 12.3. The third-order valence-electron chi connectivity index (χ3n) is 4.32. The predicted octanol–water partition coefficient (Wildman–Crippen LogP) is 1.55. The monoisotopic (exact) mass is 304 g/mol. The number of carbonyl (C=O) groups is 3. The number of carbonyl (C=O) groups excluding carboxylic acids is 2. The van der Waals surface area contributed by atoms with Gasteiger partial charge in [0.1, 0.15) is 5.54 Å². The van der Waals surface area contributed by atoms with Crippen molar-refractivity contribution in [3.8, 4) is 0 Å². The fraction of sp³-hybridized carbons (Fsp3) is 0.438. The van der Waals surface area contributed by atoms with Crippen LogP contribution in [-0.2, 0) is 4.79 Å². The Balaban J connectivity index is 2.14. The van der Waals surface area contributed by atoms with Gasteiger partial charge in [-0.15, -0.1) is 0 Å². The number of amides is 2. The van der Waals surface area contributed by atoms with Crippen molar-refractivity contribution in [2.45, 2.75) is 38.1 Å². The van der Waals surface area contributed by atoms with Gasteiger partial charge < -0.3 is 16.2 Å². The lowest BCUT2D eigenvalue weighted by molar-refractivity contribution is -0.146. The minimum atomic E-state index is -1.20. The molecule has 4 N–H and O–H groups in total.